The van der Waals surface area contributed by atoms with Gasteiger partial charge in [0.25, 0.3) is 0 Å². The lowest BCUT2D eigenvalue weighted by atomic mass is 9.77. The normalized spacial score (nSPS) is 34.2. The Bertz CT molecular complexity index is 363. The topological polar surface area (TPSA) is 38.8 Å². The fourth-order valence-electron chi connectivity index (χ4n) is 3.48. The van der Waals surface area contributed by atoms with Crippen LogP contribution >= 0.6 is 0 Å². The van der Waals surface area contributed by atoms with E-state index in [9.17, 15) is 4.79 Å². The summed E-state index contributed by atoms with van der Waals surface area (Å²) in [5, 5.41) is 0. The van der Waals surface area contributed by atoms with E-state index in [0.29, 0.717) is 6.61 Å². The van der Waals surface area contributed by atoms with Crippen molar-refractivity contribution in [2.24, 2.45) is 5.92 Å². The molecule has 1 aliphatic carbocycles. The Morgan fingerprint density at radius 1 is 1.35 bits per heavy atom. The first-order valence-electron chi connectivity index (χ1n) is 7.81. The molecule has 1 amide bonds. The van der Waals surface area contributed by atoms with Crippen LogP contribution in [0.15, 0.2) is 0 Å². The lowest BCUT2D eigenvalue weighted by Gasteiger charge is -2.36. The highest BCUT2D eigenvalue weighted by Gasteiger charge is 2.45. The van der Waals surface area contributed by atoms with Gasteiger partial charge in [-0.1, -0.05) is 19.8 Å². The van der Waals surface area contributed by atoms with Gasteiger partial charge in [0.15, 0.2) is 0 Å². The molecule has 1 spiro atoms. The summed E-state index contributed by atoms with van der Waals surface area (Å²) in [4.78, 5) is 13.9. The monoisotopic (exact) mass is 283 g/mol. The number of carbonyl (C=O) groups is 1. The summed E-state index contributed by atoms with van der Waals surface area (Å²) in [5.74, 6) is 0.731. The molecule has 0 aromatic carbocycles. The number of hydrogen-bond donors (Lipinski definition) is 0. The highest BCUT2D eigenvalue weighted by atomic mass is 16.6. The van der Waals surface area contributed by atoms with E-state index in [1.165, 1.54) is 12.8 Å². The first-order chi connectivity index (χ1) is 9.21. The first-order valence-corrected chi connectivity index (χ1v) is 7.81. The molecular weight excluding hydrogens is 254 g/mol. The maximum atomic E-state index is 12.1. The summed E-state index contributed by atoms with van der Waals surface area (Å²) in [6, 6.07) is 0.148. The summed E-state index contributed by atoms with van der Waals surface area (Å²) >= 11 is 0. The fourth-order valence-corrected chi connectivity index (χ4v) is 3.48. The minimum Gasteiger partial charge on any atom is -0.444 e. The SMILES string of the molecule is C[C@@H]1CCC[C@]2(C1)C[C@@H](N(C)C(=O)OC(C)(C)C)CO2. The molecule has 1 saturated heterocycles. The summed E-state index contributed by atoms with van der Waals surface area (Å²) in [5.41, 5.74) is -0.430. The van der Waals surface area contributed by atoms with Crippen molar-refractivity contribution in [3.05, 3.63) is 0 Å². The zero-order chi connectivity index (χ0) is 15.0. The lowest BCUT2D eigenvalue weighted by molar-refractivity contribution is -0.0386. The number of carbonyl (C=O) groups excluding carboxylic acids is 1. The molecule has 0 aromatic rings. The van der Waals surface area contributed by atoms with Crippen molar-refractivity contribution in [3.63, 3.8) is 0 Å². The van der Waals surface area contributed by atoms with Crippen LogP contribution in [-0.2, 0) is 9.47 Å². The van der Waals surface area contributed by atoms with Crippen molar-refractivity contribution in [3.8, 4) is 0 Å². The van der Waals surface area contributed by atoms with Crippen LogP contribution in [0.2, 0.25) is 0 Å². The van der Waals surface area contributed by atoms with E-state index in [0.717, 1.165) is 25.2 Å². The van der Waals surface area contributed by atoms with Crippen LogP contribution in [0.4, 0.5) is 4.79 Å². The van der Waals surface area contributed by atoms with Crippen molar-refractivity contribution in [1.82, 2.24) is 4.90 Å². The van der Waals surface area contributed by atoms with E-state index in [-0.39, 0.29) is 17.7 Å². The third-order valence-corrected chi connectivity index (χ3v) is 4.47. The Morgan fingerprint density at radius 3 is 2.65 bits per heavy atom. The number of nitrogens with zero attached hydrogens (tertiary/aromatic N) is 1. The van der Waals surface area contributed by atoms with Gasteiger partial charge in [-0.15, -0.1) is 0 Å². The van der Waals surface area contributed by atoms with Crippen LogP contribution in [0.3, 0.4) is 0 Å². The average Bonchev–Trinajstić information content (AvgIpc) is 2.69. The third kappa shape index (κ3) is 3.66. The minimum atomic E-state index is -0.443. The van der Waals surface area contributed by atoms with Gasteiger partial charge in [0.2, 0.25) is 0 Å². The quantitative estimate of drug-likeness (QED) is 0.738. The van der Waals surface area contributed by atoms with Gasteiger partial charge in [0.1, 0.15) is 5.60 Å². The molecule has 4 heteroatoms. The van der Waals surface area contributed by atoms with Gasteiger partial charge in [-0.05, 0) is 46.0 Å². The van der Waals surface area contributed by atoms with Crippen LogP contribution in [0.5, 0.6) is 0 Å². The summed E-state index contributed by atoms with van der Waals surface area (Å²) in [6.45, 7) is 8.63. The highest BCUT2D eigenvalue weighted by Crippen LogP contribution is 2.42. The van der Waals surface area contributed by atoms with Crippen molar-refractivity contribution >= 4 is 6.09 Å². The molecule has 0 unspecified atom stereocenters. The zero-order valence-corrected chi connectivity index (χ0v) is 13.6. The Kier molecular flexibility index (Phi) is 4.33. The molecule has 1 saturated carbocycles. The van der Waals surface area contributed by atoms with E-state index in [4.69, 9.17) is 9.47 Å². The van der Waals surface area contributed by atoms with Crippen LogP contribution < -0.4 is 0 Å². The molecule has 1 aliphatic heterocycles. The van der Waals surface area contributed by atoms with Gasteiger partial charge < -0.3 is 14.4 Å². The van der Waals surface area contributed by atoms with Gasteiger partial charge in [0, 0.05) is 7.05 Å². The molecule has 2 rings (SSSR count). The van der Waals surface area contributed by atoms with E-state index in [2.05, 4.69) is 6.92 Å². The summed E-state index contributed by atoms with van der Waals surface area (Å²) in [7, 11) is 1.83. The van der Waals surface area contributed by atoms with Crippen molar-refractivity contribution < 1.29 is 14.3 Å². The molecule has 0 aromatic heterocycles. The second-order valence-electron chi connectivity index (χ2n) is 7.64. The van der Waals surface area contributed by atoms with Gasteiger partial charge in [-0.25, -0.2) is 4.79 Å². The Morgan fingerprint density at radius 2 is 2.05 bits per heavy atom. The molecule has 2 fully saturated rings. The zero-order valence-electron chi connectivity index (χ0n) is 13.6. The van der Waals surface area contributed by atoms with Crippen LogP contribution in [0.1, 0.15) is 59.8 Å². The van der Waals surface area contributed by atoms with E-state index >= 15 is 0 Å². The van der Waals surface area contributed by atoms with Gasteiger partial charge in [0.05, 0.1) is 18.2 Å². The van der Waals surface area contributed by atoms with Crippen molar-refractivity contribution in [2.75, 3.05) is 13.7 Å². The average molecular weight is 283 g/mol. The van der Waals surface area contributed by atoms with Gasteiger partial charge >= 0.3 is 6.09 Å². The van der Waals surface area contributed by atoms with Crippen LogP contribution in [-0.4, -0.2) is 41.9 Å². The van der Waals surface area contributed by atoms with E-state index < -0.39 is 5.60 Å². The van der Waals surface area contributed by atoms with Crippen molar-refractivity contribution in [1.29, 1.82) is 0 Å². The Hall–Kier alpha value is -0.770. The Balaban J connectivity index is 1.93. The lowest BCUT2D eigenvalue weighted by Crippen LogP contribution is -2.42. The fraction of sp³-hybridized carbons (Fsp3) is 0.938. The van der Waals surface area contributed by atoms with Crippen LogP contribution in [0.25, 0.3) is 0 Å². The predicted molar refractivity (Wildman–Crippen MR) is 78.7 cm³/mol. The second kappa shape index (κ2) is 5.55. The maximum Gasteiger partial charge on any atom is 0.410 e. The predicted octanol–water partition coefficient (Wildman–Crippen LogP) is 3.59. The molecule has 0 radical (unpaired) electrons. The molecule has 20 heavy (non-hydrogen) atoms. The smallest absolute Gasteiger partial charge is 0.410 e. The molecule has 1 heterocycles. The van der Waals surface area contributed by atoms with Gasteiger partial charge in [-0.3, -0.25) is 0 Å². The second-order valence-corrected chi connectivity index (χ2v) is 7.64. The molecule has 4 nitrogen and oxygen atoms in total. The van der Waals surface area contributed by atoms with Crippen molar-refractivity contribution in [2.45, 2.75) is 77.0 Å². The molecule has 116 valence electrons. The number of amides is 1. The number of hydrogen-bond acceptors (Lipinski definition) is 3. The number of rotatable bonds is 1. The highest BCUT2D eigenvalue weighted by molar-refractivity contribution is 5.68. The number of likely N-dealkylation sites (N-methyl/N-ethyl adjacent to an activating group) is 1. The van der Waals surface area contributed by atoms with E-state index in [1.807, 2.05) is 27.8 Å². The van der Waals surface area contributed by atoms with E-state index in [1.54, 1.807) is 4.90 Å². The van der Waals surface area contributed by atoms with Crippen LogP contribution in [0, 0.1) is 5.92 Å². The molecule has 3 atom stereocenters. The van der Waals surface area contributed by atoms with Gasteiger partial charge in [-0.2, -0.15) is 0 Å². The largest absolute Gasteiger partial charge is 0.444 e. The third-order valence-electron chi connectivity index (χ3n) is 4.47. The molecular formula is C16H29NO3. The number of ether oxygens (including phenoxy) is 2. The summed E-state index contributed by atoms with van der Waals surface area (Å²) < 4.78 is 11.6. The molecule has 0 bridgehead atoms. The maximum absolute atomic E-state index is 12.1. The molecule has 2 aliphatic rings. The standard InChI is InChI=1S/C16H29NO3/c1-12-7-6-8-16(9-12)10-13(11-19-16)17(5)14(18)20-15(2,3)4/h12-13H,6-11H2,1-5H3/t12-,13-,16+/m1/s1. The summed E-state index contributed by atoms with van der Waals surface area (Å²) in [6.07, 6.45) is 5.52. The minimum absolute atomic E-state index is 0.0125. The first kappa shape index (κ1) is 15.6. The molecule has 0 N–H and O–H groups in total. The Labute approximate surface area is 122 Å².